The molecular weight excluding hydrogens is 294 g/mol. The van der Waals surface area contributed by atoms with Crippen LogP contribution in [-0.2, 0) is 14.3 Å². The van der Waals surface area contributed by atoms with Crippen LogP contribution in [0.5, 0.6) is 0 Å². The van der Waals surface area contributed by atoms with Crippen LogP contribution >= 0.6 is 0 Å². The van der Waals surface area contributed by atoms with E-state index in [1.54, 1.807) is 18.2 Å². The molecule has 2 aromatic rings. The average Bonchev–Trinajstić information content (AvgIpc) is 2.97. The van der Waals surface area contributed by atoms with Gasteiger partial charge in [-0.2, -0.15) is 0 Å². The summed E-state index contributed by atoms with van der Waals surface area (Å²) in [6.45, 7) is 6.37. The Balaban J connectivity index is 2.19. The van der Waals surface area contributed by atoms with Gasteiger partial charge in [0.25, 0.3) is 0 Å². The van der Waals surface area contributed by atoms with Crippen molar-refractivity contribution in [3.05, 3.63) is 30.6 Å². The zero-order valence-corrected chi connectivity index (χ0v) is 13.9. The molecule has 2 rings (SSSR count). The van der Waals surface area contributed by atoms with Crippen LogP contribution in [0.2, 0.25) is 0 Å². The van der Waals surface area contributed by atoms with E-state index in [1.807, 2.05) is 42.7 Å². The maximum Gasteiger partial charge on any atom is 0.325 e. The number of amides is 1. The lowest BCUT2D eigenvalue weighted by Crippen LogP contribution is -2.40. The monoisotopic (exact) mass is 317 g/mol. The van der Waals surface area contributed by atoms with E-state index in [4.69, 9.17) is 4.74 Å². The van der Waals surface area contributed by atoms with Crippen LogP contribution in [0.25, 0.3) is 11.0 Å². The normalized spacial score (nSPS) is 12.1. The standard InChI is InChI=1S/C17H23N3O3/c1-4-10-19(11-16(21)23-5-2)17(22)13(3)20-12-18-14-8-6-7-9-15(14)20/h6-9,12-13H,4-5,10-11H2,1-3H3/t13-/m0/s1. The highest BCUT2D eigenvalue weighted by Gasteiger charge is 2.24. The molecule has 1 aromatic heterocycles. The number of hydrogen-bond donors (Lipinski definition) is 0. The van der Waals surface area contributed by atoms with Crippen LogP contribution in [0.15, 0.2) is 30.6 Å². The zero-order chi connectivity index (χ0) is 16.8. The van der Waals surface area contributed by atoms with E-state index >= 15 is 0 Å². The molecule has 23 heavy (non-hydrogen) atoms. The van der Waals surface area contributed by atoms with Gasteiger partial charge in [0.1, 0.15) is 12.6 Å². The largest absolute Gasteiger partial charge is 0.465 e. The average molecular weight is 317 g/mol. The molecule has 0 fully saturated rings. The third kappa shape index (κ3) is 3.88. The second-order valence-electron chi connectivity index (χ2n) is 5.38. The lowest BCUT2D eigenvalue weighted by Gasteiger charge is -2.25. The minimum atomic E-state index is -0.427. The number of benzene rings is 1. The molecule has 1 atom stereocenters. The zero-order valence-electron chi connectivity index (χ0n) is 13.9. The number of hydrogen-bond acceptors (Lipinski definition) is 4. The van der Waals surface area contributed by atoms with E-state index < -0.39 is 6.04 Å². The summed E-state index contributed by atoms with van der Waals surface area (Å²) in [5.41, 5.74) is 1.75. The van der Waals surface area contributed by atoms with Gasteiger partial charge in [-0.1, -0.05) is 19.1 Å². The van der Waals surface area contributed by atoms with E-state index in [1.165, 1.54) is 0 Å². The van der Waals surface area contributed by atoms with Crippen LogP contribution < -0.4 is 0 Å². The van der Waals surface area contributed by atoms with Crippen molar-refractivity contribution >= 4 is 22.9 Å². The first-order valence-corrected chi connectivity index (χ1v) is 7.94. The number of fused-ring (bicyclic) bond motifs is 1. The molecule has 6 heteroatoms. The van der Waals surface area contributed by atoms with Crippen molar-refractivity contribution in [2.24, 2.45) is 0 Å². The number of aromatic nitrogens is 2. The van der Waals surface area contributed by atoms with Gasteiger partial charge in [0.2, 0.25) is 5.91 Å². The first kappa shape index (κ1) is 17.0. The Morgan fingerprint density at radius 2 is 2.04 bits per heavy atom. The molecule has 0 saturated carbocycles. The number of ether oxygens (including phenoxy) is 1. The fraction of sp³-hybridized carbons (Fsp3) is 0.471. The Morgan fingerprint density at radius 1 is 1.30 bits per heavy atom. The molecule has 0 spiro atoms. The van der Waals surface area contributed by atoms with Crippen molar-refractivity contribution in [1.82, 2.24) is 14.5 Å². The summed E-state index contributed by atoms with van der Waals surface area (Å²) in [5.74, 6) is -0.486. The number of carbonyl (C=O) groups excluding carboxylic acids is 2. The lowest BCUT2D eigenvalue weighted by atomic mass is 10.2. The van der Waals surface area contributed by atoms with Crippen molar-refractivity contribution in [2.75, 3.05) is 19.7 Å². The highest BCUT2D eigenvalue weighted by Crippen LogP contribution is 2.19. The molecule has 0 radical (unpaired) electrons. The maximum absolute atomic E-state index is 12.8. The van der Waals surface area contributed by atoms with Gasteiger partial charge in [0, 0.05) is 6.54 Å². The highest BCUT2D eigenvalue weighted by molar-refractivity contribution is 5.86. The molecule has 0 bridgehead atoms. The fourth-order valence-corrected chi connectivity index (χ4v) is 2.57. The number of nitrogens with zero attached hydrogens (tertiary/aromatic N) is 3. The number of imidazole rings is 1. The smallest absolute Gasteiger partial charge is 0.325 e. The Kier molecular flexibility index (Phi) is 5.73. The fourth-order valence-electron chi connectivity index (χ4n) is 2.57. The van der Waals surface area contributed by atoms with Gasteiger partial charge in [-0.25, -0.2) is 4.98 Å². The third-order valence-corrected chi connectivity index (χ3v) is 3.69. The van der Waals surface area contributed by atoms with Crippen LogP contribution in [0, 0.1) is 0 Å². The van der Waals surface area contributed by atoms with Gasteiger partial charge in [0.15, 0.2) is 0 Å². The second kappa shape index (κ2) is 7.76. The highest BCUT2D eigenvalue weighted by atomic mass is 16.5. The minimum absolute atomic E-state index is 0.0164. The van der Waals surface area contributed by atoms with Crippen molar-refractivity contribution in [3.8, 4) is 0 Å². The van der Waals surface area contributed by atoms with Crippen molar-refractivity contribution in [2.45, 2.75) is 33.2 Å². The summed E-state index contributed by atoms with van der Waals surface area (Å²) in [7, 11) is 0. The van der Waals surface area contributed by atoms with E-state index in [9.17, 15) is 9.59 Å². The van der Waals surface area contributed by atoms with E-state index in [0.29, 0.717) is 13.2 Å². The molecule has 0 saturated heterocycles. The minimum Gasteiger partial charge on any atom is -0.465 e. The predicted octanol–water partition coefficient (Wildman–Crippen LogP) is 2.40. The molecular formula is C17H23N3O3. The van der Waals surface area contributed by atoms with Gasteiger partial charge >= 0.3 is 5.97 Å². The number of para-hydroxylation sites is 2. The topological polar surface area (TPSA) is 64.4 Å². The Morgan fingerprint density at radius 3 is 2.74 bits per heavy atom. The molecule has 0 aliphatic heterocycles. The first-order valence-electron chi connectivity index (χ1n) is 7.94. The van der Waals surface area contributed by atoms with Gasteiger partial charge in [-0.3, -0.25) is 9.59 Å². The summed E-state index contributed by atoms with van der Waals surface area (Å²) in [4.78, 5) is 30.4. The van der Waals surface area contributed by atoms with Crippen molar-refractivity contribution < 1.29 is 14.3 Å². The quantitative estimate of drug-likeness (QED) is 0.736. The maximum atomic E-state index is 12.8. The summed E-state index contributed by atoms with van der Waals surface area (Å²) < 4.78 is 6.80. The lowest BCUT2D eigenvalue weighted by molar-refractivity contribution is -0.149. The molecule has 124 valence electrons. The van der Waals surface area contributed by atoms with Crippen LogP contribution in [-0.4, -0.2) is 46.0 Å². The number of rotatable bonds is 7. The number of esters is 1. The Hall–Kier alpha value is -2.37. The summed E-state index contributed by atoms with van der Waals surface area (Å²) >= 11 is 0. The molecule has 0 N–H and O–H groups in total. The van der Waals surface area contributed by atoms with E-state index in [0.717, 1.165) is 17.5 Å². The second-order valence-corrected chi connectivity index (χ2v) is 5.38. The van der Waals surface area contributed by atoms with Crippen molar-refractivity contribution in [1.29, 1.82) is 0 Å². The summed E-state index contributed by atoms with van der Waals surface area (Å²) in [6.07, 6.45) is 2.45. The van der Waals surface area contributed by atoms with Crippen LogP contribution in [0.4, 0.5) is 0 Å². The van der Waals surface area contributed by atoms with Crippen LogP contribution in [0.3, 0.4) is 0 Å². The molecule has 0 aliphatic rings. The predicted molar refractivity (Wildman–Crippen MR) is 87.9 cm³/mol. The van der Waals surface area contributed by atoms with Crippen LogP contribution in [0.1, 0.15) is 33.2 Å². The van der Waals surface area contributed by atoms with Gasteiger partial charge in [-0.05, 0) is 32.4 Å². The Bertz CT molecular complexity index is 681. The van der Waals surface area contributed by atoms with Crippen molar-refractivity contribution in [3.63, 3.8) is 0 Å². The molecule has 6 nitrogen and oxygen atoms in total. The molecule has 1 aromatic carbocycles. The van der Waals surface area contributed by atoms with Gasteiger partial charge in [-0.15, -0.1) is 0 Å². The van der Waals surface area contributed by atoms with Gasteiger partial charge in [0.05, 0.1) is 24.0 Å². The Labute approximate surface area is 136 Å². The molecule has 1 heterocycles. The number of carbonyl (C=O) groups is 2. The molecule has 1 amide bonds. The molecule has 0 aliphatic carbocycles. The summed E-state index contributed by atoms with van der Waals surface area (Å²) in [5, 5.41) is 0. The van der Waals surface area contributed by atoms with E-state index in [-0.39, 0.29) is 18.4 Å². The van der Waals surface area contributed by atoms with E-state index in [2.05, 4.69) is 4.98 Å². The third-order valence-electron chi connectivity index (χ3n) is 3.69. The molecule has 0 unspecified atom stereocenters. The summed E-state index contributed by atoms with van der Waals surface area (Å²) in [6, 6.07) is 7.24. The van der Waals surface area contributed by atoms with Gasteiger partial charge < -0.3 is 14.2 Å². The SMILES string of the molecule is CCCN(CC(=O)OCC)C(=O)[C@H](C)n1cnc2ccccc21. The first-order chi connectivity index (χ1) is 11.1.